The molecule has 0 aromatic carbocycles. The third kappa shape index (κ3) is 4.29. The van der Waals surface area contributed by atoms with E-state index in [9.17, 15) is 0 Å². The van der Waals surface area contributed by atoms with Gasteiger partial charge >= 0.3 is 0 Å². The van der Waals surface area contributed by atoms with Crippen LogP contribution < -0.4 is 16.6 Å². The number of morpholine rings is 1. The quantitative estimate of drug-likeness (QED) is 0.515. The summed E-state index contributed by atoms with van der Waals surface area (Å²) in [5.74, 6) is 7.66. The molecule has 1 aromatic rings. The Labute approximate surface area is 119 Å². The van der Waals surface area contributed by atoms with Gasteiger partial charge in [-0.05, 0) is 6.92 Å². The number of nitrogens with one attached hydrogen (secondary N) is 2. The van der Waals surface area contributed by atoms with Gasteiger partial charge < -0.3 is 15.5 Å². The zero-order valence-corrected chi connectivity index (χ0v) is 12.2. The van der Waals surface area contributed by atoms with Crippen LogP contribution in [0.4, 0.5) is 11.6 Å². The minimum Gasteiger partial charge on any atom is -0.379 e. The summed E-state index contributed by atoms with van der Waals surface area (Å²) in [6.07, 6.45) is 0.780. The fraction of sp³-hybridized carbons (Fsp3) is 0.692. The molecular weight excluding hydrogens is 256 g/mol. The molecule has 1 atom stereocenters. The van der Waals surface area contributed by atoms with E-state index in [4.69, 9.17) is 10.6 Å². The Morgan fingerprint density at radius 2 is 2.05 bits per heavy atom. The third-order valence-electron chi connectivity index (χ3n) is 3.27. The maximum Gasteiger partial charge on any atom is 0.145 e. The SMILES string of the molecule is CCc1nc(NN)cc(NC(C)CN2CCOCC2)n1. The predicted molar refractivity (Wildman–Crippen MR) is 79.6 cm³/mol. The Bertz CT molecular complexity index is 399. The lowest BCUT2D eigenvalue weighted by Crippen LogP contribution is -2.42. The van der Waals surface area contributed by atoms with Gasteiger partial charge in [-0.25, -0.2) is 15.8 Å². The molecule has 1 fully saturated rings. The fourth-order valence-corrected chi connectivity index (χ4v) is 2.27. The monoisotopic (exact) mass is 280 g/mol. The predicted octanol–water partition coefficient (Wildman–Crippen LogP) is 0.457. The van der Waals surface area contributed by atoms with Crippen LogP contribution in [-0.2, 0) is 11.2 Å². The lowest BCUT2D eigenvalue weighted by molar-refractivity contribution is 0.0368. The van der Waals surface area contributed by atoms with Crippen LogP contribution in [-0.4, -0.2) is 53.8 Å². The second-order valence-electron chi connectivity index (χ2n) is 5.01. The molecule has 0 bridgehead atoms. The maximum absolute atomic E-state index is 5.43. The average molecular weight is 280 g/mol. The minimum atomic E-state index is 0.304. The van der Waals surface area contributed by atoms with Crippen LogP contribution in [0.3, 0.4) is 0 Å². The molecule has 0 radical (unpaired) electrons. The molecule has 1 aliphatic rings. The van der Waals surface area contributed by atoms with Crippen molar-refractivity contribution in [2.75, 3.05) is 43.6 Å². The van der Waals surface area contributed by atoms with Gasteiger partial charge in [0.2, 0.25) is 0 Å². The molecule has 7 heteroatoms. The molecule has 0 saturated carbocycles. The van der Waals surface area contributed by atoms with Crippen molar-refractivity contribution >= 4 is 11.6 Å². The first-order valence-electron chi connectivity index (χ1n) is 7.12. The second-order valence-corrected chi connectivity index (χ2v) is 5.01. The first kappa shape index (κ1) is 15.0. The van der Waals surface area contributed by atoms with E-state index < -0.39 is 0 Å². The minimum absolute atomic E-state index is 0.304. The molecule has 0 spiro atoms. The molecule has 2 heterocycles. The lowest BCUT2D eigenvalue weighted by atomic mass is 10.3. The molecule has 7 nitrogen and oxygen atoms in total. The fourth-order valence-electron chi connectivity index (χ4n) is 2.27. The van der Waals surface area contributed by atoms with Gasteiger partial charge in [0, 0.05) is 38.2 Å². The van der Waals surface area contributed by atoms with E-state index in [2.05, 4.69) is 32.5 Å². The number of hydrogen-bond donors (Lipinski definition) is 3. The summed E-state index contributed by atoms with van der Waals surface area (Å²) >= 11 is 0. The van der Waals surface area contributed by atoms with Crippen molar-refractivity contribution in [1.29, 1.82) is 0 Å². The van der Waals surface area contributed by atoms with E-state index in [1.54, 1.807) is 0 Å². The molecule has 0 amide bonds. The maximum atomic E-state index is 5.43. The highest BCUT2D eigenvalue weighted by Gasteiger charge is 2.14. The van der Waals surface area contributed by atoms with Crippen molar-refractivity contribution < 1.29 is 4.74 Å². The van der Waals surface area contributed by atoms with Crippen LogP contribution in [0.2, 0.25) is 0 Å². The van der Waals surface area contributed by atoms with Crippen LogP contribution in [0, 0.1) is 0 Å². The van der Waals surface area contributed by atoms with E-state index in [1.165, 1.54) is 0 Å². The highest BCUT2D eigenvalue weighted by Crippen LogP contribution is 2.12. The van der Waals surface area contributed by atoms with Crippen LogP contribution in [0.25, 0.3) is 0 Å². The van der Waals surface area contributed by atoms with Crippen LogP contribution >= 0.6 is 0 Å². The number of aryl methyl sites for hydroxylation is 1. The smallest absolute Gasteiger partial charge is 0.145 e. The first-order valence-corrected chi connectivity index (χ1v) is 7.12. The van der Waals surface area contributed by atoms with Gasteiger partial charge in [0.15, 0.2) is 0 Å². The second kappa shape index (κ2) is 7.37. The number of nitrogens with zero attached hydrogens (tertiary/aromatic N) is 3. The highest BCUT2D eigenvalue weighted by atomic mass is 16.5. The summed E-state index contributed by atoms with van der Waals surface area (Å²) in [6.45, 7) is 8.77. The van der Waals surface area contributed by atoms with Crippen molar-refractivity contribution in [3.05, 3.63) is 11.9 Å². The van der Waals surface area contributed by atoms with E-state index in [-0.39, 0.29) is 0 Å². The molecule has 112 valence electrons. The topological polar surface area (TPSA) is 88.3 Å². The average Bonchev–Trinajstić information content (AvgIpc) is 2.47. The number of rotatable bonds is 6. The highest BCUT2D eigenvalue weighted by molar-refractivity contribution is 5.47. The number of nitrogen functional groups attached to an aromatic ring is 1. The normalized spacial score (nSPS) is 17.8. The molecule has 4 N–H and O–H groups in total. The number of hydrogen-bond acceptors (Lipinski definition) is 7. The molecule has 1 unspecified atom stereocenters. The van der Waals surface area contributed by atoms with E-state index in [1.807, 2.05) is 13.0 Å². The van der Waals surface area contributed by atoms with Crippen LogP contribution in [0.15, 0.2) is 6.07 Å². The Morgan fingerprint density at radius 1 is 1.35 bits per heavy atom. The molecule has 2 rings (SSSR count). The number of aromatic nitrogens is 2. The molecule has 1 aliphatic heterocycles. The van der Waals surface area contributed by atoms with Gasteiger partial charge in [-0.15, -0.1) is 0 Å². The number of ether oxygens (including phenoxy) is 1. The summed E-state index contributed by atoms with van der Waals surface area (Å²) in [4.78, 5) is 11.1. The van der Waals surface area contributed by atoms with Gasteiger partial charge in [-0.1, -0.05) is 6.92 Å². The standard InChI is InChI=1S/C13H24N6O/c1-3-11-16-12(8-13(17-11)18-14)15-10(2)9-19-4-6-20-7-5-19/h8,10H,3-7,9,14H2,1-2H3,(H2,15,16,17,18). The summed E-state index contributed by atoms with van der Waals surface area (Å²) in [5.41, 5.74) is 2.58. The number of hydrazine groups is 1. The Kier molecular flexibility index (Phi) is 5.51. The Morgan fingerprint density at radius 3 is 2.70 bits per heavy atom. The van der Waals surface area contributed by atoms with Crippen LogP contribution in [0.5, 0.6) is 0 Å². The third-order valence-corrected chi connectivity index (χ3v) is 3.27. The molecular formula is C13H24N6O. The molecule has 0 aliphatic carbocycles. The summed E-state index contributed by atoms with van der Waals surface area (Å²) in [7, 11) is 0. The molecule has 1 aromatic heterocycles. The number of nitrogens with two attached hydrogens (primary N) is 1. The zero-order chi connectivity index (χ0) is 14.4. The summed E-state index contributed by atoms with van der Waals surface area (Å²) < 4.78 is 5.36. The summed E-state index contributed by atoms with van der Waals surface area (Å²) in [5, 5.41) is 3.41. The first-order chi connectivity index (χ1) is 9.71. The lowest BCUT2D eigenvalue weighted by Gasteiger charge is -2.29. The Balaban J connectivity index is 1.93. The van der Waals surface area contributed by atoms with Crippen LogP contribution in [0.1, 0.15) is 19.7 Å². The van der Waals surface area contributed by atoms with Gasteiger partial charge in [-0.2, -0.15) is 0 Å². The zero-order valence-electron chi connectivity index (χ0n) is 12.2. The van der Waals surface area contributed by atoms with E-state index >= 15 is 0 Å². The van der Waals surface area contributed by atoms with Crippen molar-refractivity contribution in [3.8, 4) is 0 Å². The van der Waals surface area contributed by atoms with Gasteiger partial charge in [0.05, 0.1) is 13.2 Å². The molecule has 1 saturated heterocycles. The number of anilines is 2. The molecule has 20 heavy (non-hydrogen) atoms. The van der Waals surface area contributed by atoms with E-state index in [0.29, 0.717) is 11.9 Å². The summed E-state index contributed by atoms with van der Waals surface area (Å²) in [6, 6.07) is 2.13. The van der Waals surface area contributed by atoms with E-state index in [0.717, 1.165) is 50.9 Å². The van der Waals surface area contributed by atoms with Gasteiger partial charge in [0.25, 0.3) is 0 Å². The van der Waals surface area contributed by atoms with Crippen molar-refractivity contribution in [2.24, 2.45) is 5.84 Å². The Hall–Kier alpha value is -1.44. The van der Waals surface area contributed by atoms with Crippen molar-refractivity contribution in [3.63, 3.8) is 0 Å². The largest absolute Gasteiger partial charge is 0.379 e. The van der Waals surface area contributed by atoms with Gasteiger partial charge in [0.1, 0.15) is 17.5 Å². The van der Waals surface area contributed by atoms with Gasteiger partial charge in [-0.3, -0.25) is 4.90 Å². The van der Waals surface area contributed by atoms with Crippen molar-refractivity contribution in [1.82, 2.24) is 14.9 Å². The van der Waals surface area contributed by atoms with Crippen molar-refractivity contribution in [2.45, 2.75) is 26.3 Å².